The number of carbonyl (C=O) groups excluding carboxylic acids is 1. The minimum Gasteiger partial charge on any atom is -0.367 e. The average molecular weight is 389 g/mol. The average Bonchev–Trinajstić information content (AvgIpc) is 2.75. The van der Waals surface area contributed by atoms with Crippen LogP contribution in [0.5, 0.6) is 0 Å². The Hall–Kier alpha value is -3.55. The van der Waals surface area contributed by atoms with Crippen LogP contribution in [0.2, 0.25) is 0 Å². The molecule has 0 aromatic carbocycles. The van der Waals surface area contributed by atoms with Crippen molar-refractivity contribution in [1.82, 2.24) is 19.9 Å². The highest BCUT2D eigenvalue weighted by Crippen LogP contribution is 2.25. The summed E-state index contributed by atoms with van der Waals surface area (Å²) in [4.78, 5) is 29.2. The number of nitrogens with two attached hydrogens (primary N) is 1. The third kappa shape index (κ3) is 4.66. The van der Waals surface area contributed by atoms with Crippen molar-refractivity contribution < 1.29 is 4.79 Å². The van der Waals surface area contributed by atoms with Crippen molar-refractivity contribution in [2.75, 3.05) is 10.6 Å². The van der Waals surface area contributed by atoms with Gasteiger partial charge in [-0.25, -0.2) is 15.0 Å². The molecular formula is C21H23N7O. The Balaban J connectivity index is 1.59. The largest absolute Gasteiger partial charge is 0.367 e. The standard InChI is InChI=1S/C21H23N7O/c22-19(29)17-7-8-18(26-15-5-2-1-3-6-15)28-21(17)27-16-11-14(12-23-13-16)20-24-9-4-10-25-20/h4,7-13,15H,1-3,5-6H2,(H2,22,29)(H2,26,27,28). The highest BCUT2D eigenvalue weighted by atomic mass is 16.1. The van der Waals surface area contributed by atoms with Crippen LogP contribution >= 0.6 is 0 Å². The van der Waals surface area contributed by atoms with Gasteiger partial charge in [-0.2, -0.15) is 0 Å². The summed E-state index contributed by atoms with van der Waals surface area (Å²) in [7, 11) is 0. The highest BCUT2D eigenvalue weighted by molar-refractivity contribution is 5.98. The van der Waals surface area contributed by atoms with E-state index in [4.69, 9.17) is 5.73 Å². The van der Waals surface area contributed by atoms with Crippen molar-refractivity contribution in [2.24, 2.45) is 5.73 Å². The lowest BCUT2D eigenvalue weighted by Crippen LogP contribution is -2.23. The van der Waals surface area contributed by atoms with E-state index < -0.39 is 5.91 Å². The van der Waals surface area contributed by atoms with Crippen LogP contribution in [0.3, 0.4) is 0 Å². The van der Waals surface area contributed by atoms with Gasteiger partial charge in [-0.15, -0.1) is 0 Å². The molecule has 3 aromatic rings. The number of pyridine rings is 2. The van der Waals surface area contributed by atoms with Gasteiger partial charge in [0.05, 0.1) is 17.4 Å². The van der Waals surface area contributed by atoms with E-state index in [2.05, 4.69) is 30.6 Å². The summed E-state index contributed by atoms with van der Waals surface area (Å²) in [5, 5.41) is 6.64. The Kier molecular flexibility index (Phi) is 5.60. The summed E-state index contributed by atoms with van der Waals surface area (Å²) in [5.41, 5.74) is 7.29. The smallest absolute Gasteiger partial charge is 0.252 e. The van der Waals surface area contributed by atoms with Crippen molar-refractivity contribution in [3.8, 4) is 11.4 Å². The first-order valence-electron chi connectivity index (χ1n) is 9.76. The maximum atomic E-state index is 11.9. The van der Waals surface area contributed by atoms with Gasteiger partial charge in [-0.3, -0.25) is 9.78 Å². The van der Waals surface area contributed by atoms with Crippen LogP contribution in [0.25, 0.3) is 11.4 Å². The molecule has 0 unspecified atom stereocenters. The summed E-state index contributed by atoms with van der Waals surface area (Å²) in [5.74, 6) is 1.14. The van der Waals surface area contributed by atoms with Gasteiger partial charge < -0.3 is 16.4 Å². The van der Waals surface area contributed by atoms with Crippen molar-refractivity contribution in [3.05, 3.63) is 54.6 Å². The minimum absolute atomic E-state index is 0.320. The van der Waals surface area contributed by atoms with Crippen molar-refractivity contribution in [3.63, 3.8) is 0 Å². The number of carbonyl (C=O) groups is 1. The van der Waals surface area contributed by atoms with Crippen LogP contribution < -0.4 is 16.4 Å². The Morgan fingerprint density at radius 2 is 1.86 bits per heavy atom. The number of primary amides is 1. The molecule has 1 fully saturated rings. The first-order chi connectivity index (χ1) is 14.2. The topological polar surface area (TPSA) is 119 Å². The summed E-state index contributed by atoms with van der Waals surface area (Å²) < 4.78 is 0. The van der Waals surface area contributed by atoms with Crippen LogP contribution in [-0.2, 0) is 0 Å². The zero-order chi connectivity index (χ0) is 20.1. The van der Waals surface area contributed by atoms with Crippen LogP contribution in [0.4, 0.5) is 17.3 Å². The fourth-order valence-electron chi connectivity index (χ4n) is 3.51. The fraction of sp³-hybridized carbons (Fsp3) is 0.286. The third-order valence-electron chi connectivity index (χ3n) is 4.94. The van der Waals surface area contributed by atoms with Gasteiger partial charge in [0.1, 0.15) is 11.6 Å². The summed E-state index contributed by atoms with van der Waals surface area (Å²) in [6.07, 6.45) is 12.7. The molecule has 4 N–H and O–H groups in total. The maximum absolute atomic E-state index is 11.9. The highest BCUT2D eigenvalue weighted by Gasteiger charge is 2.16. The van der Waals surface area contributed by atoms with E-state index in [0.717, 1.165) is 24.2 Å². The molecule has 0 bridgehead atoms. The molecule has 8 nitrogen and oxygen atoms in total. The monoisotopic (exact) mass is 389 g/mol. The normalized spacial score (nSPS) is 14.3. The molecule has 1 amide bonds. The second kappa shape index (κ2) is 8.64. The molecule has 0 atom stereocenters. The molecule has 3 aromatic heterocycles. The van der Waals surface area contributed by atoms with E-state index in [0.29, 0.717) is 28.9 Å². The molecule has 8 heteroatoms. The molecule has 1 saturated carbocycles. The Morgan fingerprint density at radius 3 is 2.62 bits per heavy atom. The number of amides is 1. The molecular weight excluding hydrogens is 366 g/mol. The molecule has 3 heterocycles. The number of rotatable bonds is 6. The van der Waals surface area contributed by atoms with Crippen LogP contribution in [-0.4, -0.2) is 31.9 Å². The Morgan fingerprint density at radius 1 is 1.07 bits per heavy atom. The second-order valence-corrected chi connectivity index (χ2v) is 7.10. The third-order valence-corrected chi connectivity index (χ3v) is 4.94. The molecule has 148 valence electrons. The Labute approximate surface area is 169 Å². The lowest BCUT2D eigenvalue weighted by molar-refractivity contribution is 0.100. The van der Waals surface area contributed by atoms with E-state index in [1.54, 1.807) is 43.0 Å². The van der Waals surface area contributed by atoms with E-state index in [9.17, 15) is 4.79 Å². The molecule has 4 rings (SSSR count). The van der Waals surface area contributed by atoms with Gasteiger partial charge >= 0.3 is 0 Å². The van der Waals surface area contributed by atoms with E-state index in [1.807, 2.05) is 6.07 Å². The first-order valence-corrected chi connectivity index (χ1v) is 9.76. The van der Waals surface area contributed by atoms with Gasteiger partial charge in [-0.05, 0) is 37.1 Å². The number of nitrogens with zero attached hydrogens (tertiary/aromatic N) is 4. The quantitative estimate of drug-likeness (QED) is 0.590. The minimum atomic E-state index is -0.542. The van der Waals surface area contributed by atoms with Gasteiger partial charge in [-0.1, -0.05) is 19.3 Å². The molecule has 0 aliphatic heterocycles. The van der Waals surface area contributed by atoms with Gasteiger partial charge in [0.2, 0.25) is 0 Å². The molecule has 1 aliphatic carbocycles. The lowest BCUT2D eigenvalue weighted by Gasteiger charge is -2.23. The SMILES string of the molecule is NC(=O)c1ccc(NC2CCCCC2)nc1Nc1cncc(-c2ncccn2)c1. The number of hydrogen-bond donors (Lipinski definition) is 3. The van der Waals surface area contributed by atoms with E-state index >= 15 is 0 Å². The first kappa shape index (κ1) is 18.8. The van der Waals surface area contributed by atoms with Crippen molar-refractivity contribution >= 4 is 23.2 Å². The van der Waals surface area contributed by atoms with E-state index in [-0.39, 0.29) is 0 Å². The predicted molar refractivity (Wildman–Crippen MR) is 112 cm³/mol. The number of nitrogens with one attached hydrogen (secondary N) is 2. The number of aromatic nitrogens is 4. The molecule has 0 spiro atoms. The summed E-state index contributed by atoms with van der Waals surface area (Å²) >= 11 is 0. The van der Waals surface area contributed by atoms with Gasteiger partial charge in [0.15, 0.2) is 5.82 Å². The maximum Gasteiger partial charge on any atom is 0.252 e. The van der Waals surface area contributed by atoms with Crippen LogP contribution in [0.15, 0.2) is 49.1 Å². The second-order valence-electron chi connectivity index (χ2n) is 7.10. The fourth-order valence-corrected chi connectivity index (χ4v) is 3.51. The lowest BCUT2D eigenvalue weighted by atomic mass is 9.95. The van der Waals surface area contributed by atoms with Gasteiger partial charge in [0.25, 0.3) is 5.91 Å². The number of anilines is 3. The van der Waals surface area contributed by atoms with E-state index in [1.165, 1.54) is 19.3 Å². The zero-order valence-electron chi connectivity index (χ0n) is 16.0. The summed E-state index contributed by atoms with van der Waals surface area (Å²) in [6.45, 7) is 0. The van der Waals surface area contributed by atoms with Crippen molar-refractivity contribution in [2.45, 2.75) is 38.1 Å². The van der Waals surface area contributed by atoms with Gasteiger partial charge in [0, 0.05) is 30.2 Å². The predicted octanol–water partition coefficient (Wildman–Crippen LogP) is 3.52. The van der Waals surface area contributed by atoms with Crippen LogP contribution in [0.1, 0.15) is 42.5 Å². The summed E-state index contributed by atoms with van der Waals surface area (Å²) in [6, 6.07) is 7.51. The van der Waals surface area contributed by atoms with Crippen molar-refractivity contribution in [1.29, 1.82) is 0 Å². The molecule has 29 heavy (non-hydrogen) atoms. The Bertz CT molecular complexity index is 987. The number of hydrogen-bond acceptors (Lipinski definition) is 7. The zero-order valence-corrected chi connectivity index (χ0v) is 16.0. The van der Waals surface area contributed by atoms with Crippen LogP contribution in [0, 0.1) is 0 Å². The molecule has 0 radical (unpaired) electrons. The molecule has 0 saturated heterocycles. The molecule has 1 aliphatic rings.